The minimum atomic E-state index is -1.17. The van der Waals surface area contributed by atoms with E-state index >= 15 is 0 Å². The van der Waals surface area contributed by atoms with Crippen LogP contribution in [0, 0.1) is 0 Å². The molecule has 0 saturated heterocycles. The summed E-state index contributed by atoms with van der Waals surface area (Å²) in [6, 6.07) is 0. The third kappa shape index (κ3) is 3.29. The predicted octanol–water partition coefficient (Wildman–Crippen LogP) is 0.00470. The third-order valence-electron chi connectivity index (χ3n) is 0.615. The van der Waals surface area contributed by atoms with Gasteiger partial charge in [0.2, 0.25) is 6.23 Å². The van der Waals surface area contributed by atoms with E-state index in [1.807, 2.05) is 0 Å². The highest BCUT2D eigenvalue weighted by molar-refractivity contribution is 6.08. The zero-order chi connectivity index (χ0) is 7.28. The van der Waals surface area contributed by atoms with Crippen molar-refractivity contribution >= 4 is 17.8 Å². The van der Waals surface area contributed by atoms with E-state index in [2.05, 4.69) is 9.03 Å². The summed E-state index contributed by atoms with van der Waals surface area (Å²) in [5.41, 5.74) is 4.97. The number of ether oxygens (including phenoxy) is 1. The second-order valence-corrected chi connectivity index (χ2v) is 1.44. The molecule has 0 amide bonds. The molecule has 0 aliphatic rings. The van der Waals surface area contributed by atoms with E-state index in [1.165, 1.54) is 0 Å². The van der Waals surface area contributed by atoms with Crippen molar-refractivity contribution in [1.29, 1.82) is 0 Å². The molecule has 5 heteroatoms. The van der Waals surface area contributed by atoms with Crippen molar-refractivity contribution in [3.8, 4) is 0 Å². The van der Waals surface area contributed by atoms with Crippen molar-refractivity contribution in [3.63, 3.8) is 0 Å². The summed E-state index contributed by atoms with van der Waals surface area (Å²) < 4.78 is 8.36. The SMILES string of the molecule is CCOC(=O)C(N)OCl. The lowest BCUT2D eigenvalue weighted by molar-refractivity contribution is -0.150. The number of carbonyl (C=O) groups excluding carboxylic acids is 1. The van der Waals surface area contributed by atoms with Gasteiger partial charge in [0.25, 0.3) is 0 Å². The van der Waals surface area contributed by atoms with Crippen molar-refractivity contribution in [2.24, 2.45) is 5.73 Å². The average Bonchev–Trinajstić information content (AvgIpc) is 1.87. The molecular weight excluding hydrogens is 146 g/mol. The molecule has 0 rings (SSSR count). The zero-order valence-corrected chi connectivity index (χ0v) is 5.72. The van der Waals surface area contributed by atoms with Crippen LogP contribution in [0.15, 0.2) is 0 Å². The molecule has 4 nitrogen and oxygen atoms in total. The van der Waals surface area contributed by atoms with Gasteiger partial charge in [-0.05, 0) is 6.92 Å². The van der Waals surface area contributed by atoms with Gasteiger partial charge in [-0.25, -0.2) is 9.08 Å². The molecule has 0 aliphatic carbocycles. The first-order valence-electron chi connectivity index (χ1n) is 2.42. The molecule has 0 aromatic carbocycles. The smallest absolute Gasteiger partial charge is 0.352 e. The van der Waals surface area contributed by atoms with Crippen LogP contribution < -0.4 is 5.73 Å². The fourth-order valence-corrected chi connectivity index (χ4v) is 0.334. The predicted molar refractivity (Wildman–Crippen MR) is 31.5 cm³/mol. The Morgan fingerprint density at radius 2 is 2.44 bits per heavy atom. The van der Waals surface area contributed by atoms with Gasteiger partial charge >= 0.3 is 5.97 Å². The molecule has 54 valence electrons. The number of halogens is 1. The first-order valence-corrected chi connectivity index (χ1v) is 2.72. The van der Waals surface area contributed by atoms with Gasteiger partial charge < -0.3 is 4.74 Å². The molecule has 0 saturated carbocycles. The van der Waals surface area contributed by atoms with E-state index in [1.54, 1.807) is 6.92 Å². The van der Waals surface area contributed by atoms with E-state index in [9.17, 15) is 4.79 Å². The van der Waals surface area contributed by atoms with Gasteiger partial charge in [0.15, 0.2) is 0 Å². The van der Waals surface area contributed by atoms with Crippen LogP contribution in [0.3, 0.4) is 0 Å². The van der Waals surface area contributed by atoms with Crippen LogP contribution in [0.2, 0.25) is 0 Å². The highest BCUT2D eigenvalue weighted by Crippen LogP contribution is 1.90. The molecule has 2 N–H and O–H groups in total. The van der Waals surface area contributed by atoms with Gasteiger partial charge in [0.1, 0.15) is 0 Å². The quantitative estimate of drug-likeness (QED) is 0.458. The van der Waals surface area contributed by atoms with Crippen molar-refractivity contribution in [2.75, 3.05) is 6.61 Å². The Bertz CT molecular complexity index is 97.8. The van der Waals surface area contributed by atoms with Crippen LogP contribution in [0.4, 0.5) is 0 Å². The molecule has 0 aromatic heterocycles. The van der Waals surface area contributed by atoms with Gasteiger partial charge in [0, 0.05) is 0 Å². The van der Waals surface area contributed by atoms with Gasteiger partial charge in [-0.1, -0.05) is 0 Å². The Hall–Kier alpha value is -0.320. The summed E-state index contributed by atoms with van der Waals surface area (Å²) in [5, 5.41) is 0. The van der Waals surface area contributed by atoms with Crippen molar-refractivity contribution in [2.45, 2.75) is 13.2 Å². The summed E-state index contributed by atoms with van der Waals surface area (Å²) in [4.78, 5) is 10.4. The highest BCUT2D eigenvalue weighted by atomic mass is 35.5. The minimum Gasteiger partial charge on any atom is -0.463 e. The normalized spacial score (nSPS) is 12.8. The Morgan fingerprint density at radius 3 is 2.78 bits per heavy atom. The number of esters is 1. The molecule has 0 bridgehead atoms. The highest BCUT2D eigenvalue weighted by Gasteiger charge is 2.13. The van der Waals surface area contributed by atoms with E-state index in [0.29, 0.717) is 0 Å². The second-order valence-electron chi connectivity index (χ2n) is 1.26. The molecule has 1 unspecified atom stereocenters. The van der Waals surface area contributed by atoms with Gasteiger partial charge in [0.05, 0.1) is 18.5 Å². The molecule has 0 fully saturated rings. The maximum Gasteiger partial charge on any atom is 0.352 e. The maximum absolute atomic E-state index is 10.4. The van der Waals surface area contributed by atoms with Crippen LogP contribution in [0.1, 0.15) is 6.92 Å². The fraction of sp³-hybridized carbons (Fsp3) is 0.750. The van der Waals surface area contributed by atoms with Gasteiger partial charge in [-0.15, -0.1) is 0 Å². The Morgan fingerprint density at radius 1 is 1.89 bits per heavy atom. The monoisotopic (exact) mass is 153 g/mol. The van der Waals surface area contributed by atoms with Crippen LogP contribution in [0.25, 0.3) is 0 Å². The van der Waals surface area contributed by atoms with E-state index in [0.717, 1.165) is 0 Å². The summed E-state index contributed by atoms with van der Waals surface area (Å²) in [7, 11) is 0. The lowest BCUT2D eigenvalue weighted by Crippen LogP contribution is -2.32. The molecule has 9 heavy (non-hydrogen) atoms. The van der Waals surface area contributed by atoms with Gasteiger partial charge in [-0.3, -0.25) is 5.73 Å². The largest absolute Gasteiger partial charge is 0.463 e. The average molecular weight is 154 g/mol. The van der Waals surface area contributed by atoms with Crippen molar-refractivity contribution in [1.82, 2.24) is 0 Å². The molecule has 0 aromatic rings. The minimum absolute atomic E-state index is 0.271. The first-order chi connectivity index (χ1) is 4.22. The van der Waals surface area contributed by atoms with E-state index in [-0.39, 0.29) is 6.61 Å². The lowest BCUT2D eigenvalue weighted by Gasteiger charge is -2.04. The Kier molecular flexibility index (Phi) is 4.39. The number of rotatable bonds is 3. The third-order valence-corrected chi connectivity index (χ3v) is 0.807. The fourth-order valence-electron chi connectivity index (χ4n) is 0.261. The number of hydrogen-bond donors (Lipinski definition) is 1. The molecule has 0 spiro atoms. The Balaban J connectivity index is 3.46. The summed E-state index contributed by atoms with van der Waals surface area (Å²) in [6.45, 7) is 1.94. The van der Waals surface area contributed by atoms with Crippen LogP contribution in [0.5, 0.6) is 0 Å². The number of nitrogens with two attached hydrogens (primary N) is 1. The molecule has 0 radical (unpaired) electrons. The molecular formula is C4H8ClNO3. The lowest BCUT2D eigenvalue weighted by atomic mass is 10.6. The summed E-state index contributed by atoms with van der Waals surface area (Å²) in [5.74, 6) is -0.660. The Labute approximate surface area is 58.0 Å². The number of carbonyl (C=O) groups is 1. The van der Waals surface area contributed by atoms with Crippen LogP contribution in [-0.4, -0.2) is 18.8 Å². The first kappa shape index (κ1) is 8.68. The van der Waals surface area contributed by atoms with E-state index in [4.69, 9.17) is 17.6 Å². The van der Waals surface area contributed by atoms with E-state index < -0.39 is 12.2 Å². The second kappa shape index (κ2) is 4.55. The van der Waals surface area contributed by atoms with Crippen molar-refractivity contribution < 1.29 is 13.8 Å². The topological polar surface area (TPSA) is 61.5 Å². The molecule has 1 atom stereocenters. The zero-order valence-electron chi connectivity index (χ0n) is 4.96. The standard InChI is InChI=1S/C4H8ClNO3/c1-2-8-4(7)3(6)9-5/h3H,2,6H2,1H3. The van der Waals surface area contributed by atoms with Crippen molar-refractivity contribution in [3.05, 3.63) is 0 Å². The molecule has 0 heterocycles. The maximum atomic E-state index is 10.4. The van der Waals surface area contributed by atoms with Crippen LogP contribution in [-0.2, 0) is 13.8 Å². The van der Waals surface area contributed by atoms with Crippen LogP contribution >= 0.6 is 11.9 Å². The summed E-state index contributed by atoms with van der Waals surface area (Å²) >= 11 is 4.76. The summed E-state index contributed by atoms with van der Waals surface area (Å²) in [6.07, 6.45) is -1.17. The number of hydrogen-bond acceptors (Lipinski definition) is 4. The van der Waals surface area contributed by atoms with Gasteiger partial charge in [-0.2, -0.15) is 0 Å². The molecule has 0 aliphatic heterocycles.